The van der Waals surface area contributed by atoms with Crippen molar-refractivity contribution < 1.29 is 13.2 Å². The predicted octanol–water partition coefficient (Wildman–Crippen LogP) is 3.87. The minimum atomic E-state index is -4.33. The first-order valence-electron chi connectivity index (χ1n) is 6.54. The highest BCUT2D eigenvalue weighted by Crippen LogP contribution is 2.31. The summed E-state index contributed by atoms with van der Waals surface area (Å²) in [6, 6.07) is 10.5. The molecule has 0 radical (unpaired) electrons. The molecular formula is C16H17F3N2. The lowest BCUT2D eigenvalue weighted by Gasteiger charge is -2.20. The van der Waals surface area contributed by atoms with Crippen molar-refractivity contribution >= 4 is 0 Å². The molecule has 112 valence electrons. The van der Waals surface area contributed by atoms with Crippen molar-refractivity contribution in [1.29, 1.82) is 0 Å². The van der Waals surface area contributed by atoms with Gasteiger partial charge in [0.15, 0.2) is 0 Å². The van der Waals surface area contributed by atoms with Gasteiger partial charge >= 0.3 is 6.18 Å². The van der Waals surface area contributed by atoms with Gasteiger partial charge < -0.3 is 0 Å². The second-order valence-corrected chi connectivity index (χ2v) is 5.01. The largest absolute Gasteiger partial charge is 0.416 e. The van der Waals surface area contributed by atoms with Gasteiger partial charge in [-0.2, -0.15) is 13.2 Å². The van der Waals surface area contributed by atoms with E-state index in [1.807, 2.05) is 32.0 Å². The molecule has 2 aromatic carbocycles. The van der Waals surface area contributed by atoms with Gasteiger partial charge in [-0.25, -0.2) is 5.43 Å². The van der Waals surface area contributed by atoms with Crippen LogP contribution in [0.3, 0.4) is 0 Å². The molecule has 0 spiro atoms. The van der Waals surface area contributed by atoms with Crippen LogP contribution in [0.1, 0.15) is 33.9 Å². The van der Waals surface area contributed by atoms with Gasteiger partial charge in [-0.05, 0) is 48.2 Å². The standard InChI is InChI=1S/C16H17F3N2/c1-10-4-3-5-14(11(10)2)15(21-20)12-6-8-13(9-7-12)16(17,18)19/h3-9,15,21H,20H2,1-2H3. The van der Waals surface area contributed by atoms with E-state index in [1.165, 1.54) is 12.1 Å². The summed E-state index contributed by atoms with van der Waals surface area (Å²) in [5, 5.41) is 0. The van der Waals surface area contributed by atoms with E-state index in [2.05, 4.69) is 5.43 Å². The molecule has 1 unspecified atom stereocenters. The molecule has 2 nitrogen and oxygen atoms in total. The Morgan fingerprint density at radius 3 is 2.14 bits per heavy atom. The van der Waals surface area contributed by atoms with Gasteiger partial charge in [-0.15, -0.1) is 0 Å². The number of halogens is 3. The van der Waals surface area contributed by atoms with Crippen molar-refractivity contribution in [3.63, 3.8) is 0 Å². The summed E-state index contributed by atoms with van der Waals surface area (Å²) in [7, 11) is 0. The number of hydrogen-bond acceptors (Lipinski definition) is 2. The summed E-state index contributed by atoms with van der Waals surface area (Å²) in [5.41, 5.74) is 5.85. The summed E-state index contributed by atoms with van der Waals surface area (Å²) >= 11 is 0. The van der Waals surface area contributed by atoms with E-state index in [9.17, 15) is 13.2 Å². The van der Waals surface area contributed by atoms with E-state index in [0.29, 0.717) is 5.56 Å². The smallest absolute Gasteiger partial charge is 0.271 e. The Balaban J connectivity index is 2.40. The fourth-order valence-electron chi connectivity index (χ4n) is 2.32. The first-order chi connectivity index (χ1) is 9.84. The molecule has 0 aliphatic heterocycles. The molecule has 5 heteroatoms. The zero-order valence-electron chi connectivity index (χ0n) is 11.8. The van der Waals surface area contributed by atoms with Gasteiger partial charge in [0.25, 0.3) is 0 Å². The average Bonchev–Trinajstić information content (AvgIpc) is 2.44. The lowest BCUT2D eigenvalue weighted by atomic mass is 9.92. The lowest BCUT2D eigenvalue weighted by molar-refractivity contribution is -0.137. The van der Waals surface area contributed by atoms with Gasteiger partial charge in [-0.1, -0.05) is 30.3 Å². The summed E-state index contributed by atoms with van der Waals surface area (Å²) in [6.07, 6.45) is -4.33. The number of rotatable bonds is 3. The van der Waals surface area contributed by atoms with Gasteiger partial charge in [0.1, 0.15) is 0 Å². The molecule has 0 saturated heterocycles. The predicted molar refractivity (Wildman–Crippen MR) is 76.5 cm³/mol. The molecule has 0 bridgehead atoms. The third-order valence-electron chi connectivity index (χ3n) is 3.70. The number of nitrogens with one attached hydrogen (secondary N) is 1. The third kappa shape index (κ3) is 3.25. The molecule has 1 atom stereocenters. The first-order valence-corrected chi connectivity index (χ1v) is 6.54. The topological polar surface area (TPSA) is 38.0 Å². The summed E-state index contributed by atoms with van der Waals surface area (Å²) in [5.74, 6) is 5.61. The van der Waals surface area contributed by atoms with Crippen LogP contribution in [0.15, 0.2) is 42.5 Å². The number of hydrazine groups is 1. The van der Waals surface area contributed by atoms with Crippen LogP contribution in [0.4, 0.5) is 13.2 Å². The van der Waals surface area contributed by atoms with Crippen molar-refractivity contribution in [2.45, 2.75) is 26.1 Å². The lowest BCUT2D eigenvalue weighted by Crippen LogP contribution is -2.29. The molecule has 0 amide bonds. The fourth-order valence-corrected chi connectivity index (χ4v) is 2.32. The number of nitrogens with two attached hydrogens (primary N) is 1. The van der Waals surface area contributed by atoms with Crippen LogP contribution in [-0.2, 0) is 6.18 Å². The Labute approximate surface area is 121 Å². The first kappa shape index (κ1) is 15.5. The van der Waals surface area contributed by atoms with Crippen molar-refractivity contribution in [3.8, 4) is 0 Å². The SMILES string of the molecule is Cc1cccc(C(NN)c2ccc(C(F)(F)F)cc2)c1C. The van der Waals surface area contributed by atoms with Crippen molar-refractivity contribution in [1.82, 2.24) is 5.43 Å². The highest BCUT2D eigenvalue weighted by atomic mass is 19.4. The summed E-state index contributed by atoms with van der Waals surface area (Å²) < 4.78 is 37.8. The van der Waals surface area contributed by atoms with E-state index in [0.717, 1.165) is 28.8 Å². The summed E-state index contributed by atoms with van der Waals surface area (Å²) in [4.78, 5) is 0. The van der Waals surface area contributed by atoms with Crippen LogP contribution in [0.25, 0.3) is 0 Å². The molecule has 0 saturated carbocycles. The van der Waals surface area contributed by atoms with E-state index < -0.39 is 11.7 Å². The molecule has 2 aromatic rings. The van der Waals surface area contributed by atoms with Crippen molar-refractivity contribution in [2.24, 2.45) is 5.84 Å². The maximum Gasteiger partial charge on any atom is 0.416 e. The van der Waals surface area contributed by atoms with Gasteiger partial charge in [-0.3, -0.25) is 5.84 Å². The number of hydrogen-bond donors (Lipinski definition) is 2. The van der Waals surface area contributed by atoms with Crippen LogP contribution in [-0.4, -0.2) is 0 Å². The van der Waals surface area contributed by atoms with Gasteiger partial charge in [0.2, 0.25) is 0 Å². The van der Waals surface area contributed by atoms with E-state index in [-0.39, 0.29) is 6.04 Å². The van der Waals surface area contributed by atoms with Crippen molar-refractivity contribution in [2.75, 3.05) is 0 Å². The zero-order valence-corrected chi connectivity index (χ0v) is 11.8. The highest BCUT2D eigenvalue weighted by molar-refractivity contribution is 5.41. The average molecular weight is 294 g/mol. The molecule has 0 aromatic heterocycles. The van der Waals surface area contributed by atoms with E-state index >= 15 is 0 Å². The maximum atomic E-state index is 12.6. The van der Waals surface area contributed by atoms with Crippen LogP contribution >= 0.6 is 0 Å². The molecular weight excluding hydrogens is 277 g/mol. The molecule has 0 aliphatic carbocycles. The maximum absolute atomic E-state index is 12.6. The molecule has 0 fully saturated rings. The third-order valence-corrected chi connectivity index (χ3v) is 3.70. The van der Waals surface area contributed by atoms with Crippen LogP contribution in [0.5, 0.6) is 0 Å². The zero-order chi connectivity index (χ0) is 15.6. The Kier molecular flexibility index (Phi) is 4.34. The monoisotopic (exact) mass is 294 g/mol. The fraction of sp³-hybridized carbons (Fsp3) is 0.250. The van der Waals surface area contributed by atoms with Crippen LogP contribution in [0, 0.1) is 13.8 Å². The highest BCUT2D eigenvalue weighted by Gasteiger charge is 2.30. The minimum Gasteiger partial charge on any atom is -0.271 e. The van der Waals surface area contributed by atoms with Gasteiger partial charge in [0.05, 0.1) is 11.6 Å². The van der Waals surface area contributed by atoms with E-state index in [4.69, 9.17) is 5.84 Å². The number of alkyl halides is 3. The van der Waals surface area contributed by atoms with Crippen molar-refractivity contribution in [3.05, 3.63) is 70.3 Å². The molecule has 21 heavy (non-hydrogen) atoms. The van der Waals surface area contributed by atoms with Gasteiger partial charge in [0, 0.05) is 0 Å². The second-order valence-electron chi connectivity index (χ2n) is 5.01. The van der Waals surface area contributed by atoms with Crippen LogP contribution < -0.4 is 11.3 Å². The molecule has 0 aliphatic rings. The van der Waals surface area contributed by atoms with Crippen LogP contribution in [0.2, 0.25) is 0 Å². The quantitative estimate of drug-likeness (QED) is 0.666. The Hall–Kier alpha value is -1.85. The Bertz CT molecular complexity index is 618. The molecule has 3 N–H and O–H groups in total. The second kappa shape index (κ2) is 5.87. The molecule has 2 rings (SSSR count). The van der Waals surface area contributed by atoms with E-state index in [1.54, 1.807) is 0 Å². The summed E-state index contributed by atoms with van der Waals surface area (Å²) in [6.45, 7) is 3.96. The Morgan fingerprint density at radius 1 is 1.00 bits per heavy atom. The number of benzene rings is 2. The number of aryl methyl sites for hydroxylation is 1. The normalized spacial score (nSPS) is 13.2. The Morgan fingerprint density at radius 2 is 1.62 bits per heavy atom. The molecule has 0 heterocycles. The minimum absolute atomic E-state index is 0.341.